The molecular formula is C36H36N8O4. The van der Waals surface area contributed by atoms with Gasteiger partial charge in [-0.1, -0.05) is 60.7 Å². The van der Waals surface area contributed by atoms with Crippen LogP contribution in [0.3, 0.4) is 0 Å². The molecule has 2 aromatic heterocycles. The Kier molecular flexibility index (Phi) is 8.37. The minimum absolute atomic E-state index is 0.0130. The van der Waals surface area contributed by atoms with Crippen LogP contribution < -0.4 is 15.2 Å². The van der Waals surface area contributed by atoms with Crippen LogP contribution in [0.4, 0.5) is 10.6 Å². The lowest BCUT2D eigenvalue weighted by Crippen LogP contribution is -2.55. The van der Waals surface area contributed by atoms with E-state index in [1.54, 1.807) is 4.57 Å². The summed E-state index contributed by atoms with van der Waals surface area (Å²) in [5.41, 5.74) is 2.44. The van der Waals surface area contributed by atoms with Crippen LogP contribution in [0.25, 0.3) is 38.9 Å². The third kappa shape index (κ3) is 5.66. The molecule has 12 heteroatoms. The molecule has 0 bridgehead atoms. The van der Waals surface area contributed by atoms with Crippen LogP contribution in [0.15, 0.2) is 71.5 Å². The Bertz CT molecular complexity index is 2110. The summed E-state index contributed by atoms with van der Waals surface area (Å²) in [6, 6.07) is 23.2. The molecular weight excluding hydrogens is 608 g/mol. The Morgan fingerprint density at radius 1 is 0.979 bits per heavy atom. The Morgan fingerprint density at radius 3 is 2.50 bits per heavy atom. The molecule has 3 aromatic carbocycles. The summed E-state index contributed by atoms with van der Waals surface area (Å²) in [4.78, 5) is 47.0. The fourth-order valence-electron chi connectivity index (χ4n) is 6.95. The average Bonchev–Trinajstić information content (AvgIpc) is 3.51. The van der Waals surface area contributed by atoms with E-state index in [0.29, 0.717) is 30.5 Å². The van der Waals surface area contributed by atoms with E-state index in [9.17, 15) is 20.0 Å². The topological polar surface area (TPSA) is 141 Å². The zero-order valence-electron chi connectivity index (χ0n) is 26.9. The zero-order valence-corrected chi connectivity index (χ0v) is 26.9. The van der Waals surface area contributed by atoms with E-state index < -0.39 is 12.1 Å². The summed E-state index contributed by atoms with van der Waals surface area (Å²) in [5.74, 6) is 0.797. The number of likely N-dealkylation sites (N-methyl/N-ethyl adjacent to an activating group) is 1. The second-order valence-corrected chi connectivity index (χ2v) is 12.4. The molecule has 0 radical (unpaired) electrons. The van der Waals surface area contributed by atoms with Crippen molar-refractivity contribution in [2.45, 2.75) is 38.3 Å². The van der Waals surface area contributed by atoms with Crippen molar-refractivity contribution in [3.05, 3.63) is 82.6 Å². The molecule has 1 amide bonds. The van der Waals surface area contributed by atoms with Gasteiger partial charge in [0.2, 0.25) is 0 Å². The quantitative estimate of drug-likeness (QED) is 0.261. The van der Waals surface area contributed by atoms with Crippen molar-refractivity contribution in [1.29, 1.82) is 5.26 Å². The third-order valence-electron chi connectivity index (χ3n) is 9.48. The molecule has 1 N–H and O–H groups in total. The van der Waals surface area contributed by atoms with Gasteiger partial charge in [0.15, 0.2) is 11.3 Å². The number of aromatic nitrogens is 4. The first kappa shape index (κ1) is 31.1. The van der Waals surface area contributed by atoms with Gasteiger partial charge in [-0.05, 0) is 50.4 Å². The van der Waals surface area contributed by atoms with Crippen LogP contribution in [0, 0.1) is 18.3 Å². The van der Waals surface area contributed by atoms with E-state index in [0.717, 1.165) is 41.3 Å². The van der Waals surface area contributed by atoms with Gasteiger partial charge in [-0.15, -0.1) is 0 Å². The third-order valence-corrected chi connectivity index (χ3v) is 9.48. The maximum absolute atomic E-state index is 14.9. The molecule has 0 spiro atoms. The summed E-state index contributed by atoms with van der Waals surface area (Å²) in [6.45, 7) is 4.01. The predicted molar refractivity (Wildman–Crippen MR) is 183 cm³/mol. The van der Waals surface area contributed by atoms with Crippen molar-refractivity contribution in [1.82, 2.24) is 29.3 Å². The molecule has 48 heavy (non-hydrogen) atoms. The average molecular weight is 645 g/mol. The number of fused-ring (bicyclic) bond motifs is 2. The van der Waals surface area contributed by atoms with Crippen LogP contribution in [-0.2, 0) is 0 Å². The summed E-state index contributed by atoms with van der Waals surface area (Å²) in [5, 5.41) is 21.3. The maximum Gasteiger partial charge on any atom is 0.407 e. The standard InChI is InChI=1S/C36H36N8O4/c1-23-9-6-12-24-13-7-15-28(29(23)24)44-32(25-10-4-3-5-11-25)38-30-31(34(44)45)39-35(48-22-27-14-8-18-41(27)2)40-33(30)42-19-20-43(36(46)47)26(21-42)16-17-37/h3-7,9-13,15,26-27H,8,14,16,18-22H2,1-2H3,(H,46,47). The van der Waals surface area contributed by atoms with Crippen molar-refractivity contribution >= 4 is 33.7 Å². The molecule has 2 fully saturated rings. The molecule has 2 aliphatic rings. The van der Waals surface area contributed by atoms with Gasteiger partial charge in [-0.2, -0.15) is 15.2 Å². The van der Waals surface area contributed by atoms with Crippen molar-refractivity contribution in [3.8, 4) is 29.2 Å². The van der Waals surface area contributed by atoms with E-state index in [4.69, 9.17) is 19.7 Å². The highest BCUT2D eigenvalue weighted by Gasteiger charge is 2.33. The number of hydrogen-bond acceptors (Lipinski definition) is 9. The SMILES string of the molecule is Cc1cccc2cccc(-n3c(-c4ccccc4)nc4c(N5CCN(C(=O)O)C(CC#N)C5)nc(OCC5CCCN5C)nc4c3=O)c12. The highest BCUT2D eigenvalue weighted by molar-refractivity contribution is 5.95. The van der Waals surface area contributed by atoms with Crippen LogP contribution in [0.1, 0.15) is 24.8 Å². The molecule has 7 rings (SSSR count). The first-order valence-corrected chi connectivity index (χ1v) is 16.2. The number of hydrogen-bond donors (Lipinski definition) is 1. The molecule has 0 aliphatic carbocycles. The van der Waals surface area contributed by atoms with Gasteiger partial charge >= 0.3 is 12.1 Å². The van der Waals surface area contributed by atoms with Gasteiger partial charge in [0, 0.05) is 36.6 Å². The fraction of sp³-hybridized carbons (Fsp3) is 0.333. The normalized spacial score (nSPS) is 18.4. The van der Waals surface area contributed by atoms with Crippen LogP contribution in [0.5, 0.6) is 6.01 Å². The van der Waals surface area contributed by atoms with Crippen molar-refractivity contribution in [2.24, 2.45) is 0 Å². The van der Waals surface area contributed by atoms with Gasteiger partial charge in [0.1, 0.15) is 17.9 Å². The lowest BCUT2D eigenvalue weighted by molar-refractivity contribution is 0.119. The highest BCUT2D eigenvalue weighted by Crippen LogP contribution is 2.32. The first-order chi connectivity index (χ1) is 23.3. The van der Waals surface area contributed by atoms with E-state index in [-0.39, 0.29) is 48.2 Å². The number of carbonyl (C=O) groups is 1. The number of rotatable bonds is 7. The minimum Gasteiger partial charge on any atom is -0.465 e. The number of anilines is 1. The van der Waals surface area contributed by atoms with E-state index in [1.165, 1.54) is 4.90 Å². The zero-order chi connectivity index (χ0) is 33.4. The number of benzene rings is 3. The van der Waals surface area contributed by atoms with Gasteiger partial charge in [0.05, 0.1) is 24.2 Å². The number of nitriles is 1. The van der Waals surface area contributed by atoms with Gasteiger partial charge in [-0.25, -0.2) is 9.78 Å². The van der Waals surface area contributed by atoms with Crippen molar-refractivity contribution in [2.75, 3.05) is 44.7 Å². The molecule has 0 saturated carbocycles. The van der Waals surface area contributed by atoms with Gasteiger partial charge < -0.3 is 24.5 Å². The second kappa shape index (κ2) is 12.9. The number of aryl methyl sites for hydroxylation is 1. The summed E-state index contributed by atoms with van der Waals surface area (Å²) in [6.07, 6.45) is 0.993. The largest absolute Gasteiger partial charge is 0.465 e. The molecule has 5 aromatic rings. The lowest BCUT2D eigenvalue weighted by atomic mass is 10.0. The highest BCUT2D eigenvalue weighted by atomic mass is 16.5. The first-order valence-electron chi connectivity index (χ1n) is 16.2. The smallest absolute Gasteiger partial charge is 0.407 e. The lowest BCUT2D eigenvalue weighted by Gasteiger charge is -2.39. The minimum atomic E-state index is -1.08. The molecule has 2 unspecified atom stereocenters. The molecule has 2 aliphatic heterocycles. The van der Waals surface area contributed by atoms with E-state index in [1.807, 2.05) is 78.6 Å². The Morgan fingerprint density at radius 2 is 1.77 bits per heavy atom. The Balaban J connectivity index is 1.47. The van der Waals surface area contributed by atoms with Crippen molar-refractivity contribution in [3.63, 3.8) is 0 Å². The van der Waals surface area contributed by atoms with Gasteiger partial charge in [0.25, 0.3) is 5.56 Å². The van der Waals surface area contributed by atoms with E-state index in [2.05, 4.69) is 18.0 Å². The molecule has 244 valence electrons. The second-order valence-electron chi connectivity index (χ2n) is 12.4. The van der Waals surface area contributed by atoms with E-state index >= 15 is 0 Å². The predicted octanol–water partition coefficient (Wildman–Crippen LogP) is 4.86. The van der Waals surface area contributed by atoms with Gasteiger partial charge in [-0.3, -0.25) is 9.36 Å². The molecule has 4 heterocycles. The molecule has 2 saturated heterocycles. The molecule has 12 nitrogen and oxygen atoms in total. The molecule has 2 atom stereocenters. The number of piperazine rings is 1. The Labute approximate surface area is 277 Å². The number of likely N-dealkylation sites (tertiary alicyclic amines) is 1. The number of amides is 1. The fourth-order valence-corrected chi connectivity index (χ4v) is 6.95. The van der Waals surface area contributed by atoms with Crippen molar-refractivity contribution < 1.29 is 14.6 Å². The van der Waals surface area contributed by atoms with Crippen LogP contribution in [0.2, 0.25) is 0 Å². The number of nitrogens with zero attached hydrogens (tertiary/aromatic N) is 8. The maximum atomic E-state index is 14.9. The van der Waals surface area contributed by atoms with Crippen LogP contribution >= 0.6 is 0 Å². The number of ether oxygens (including phenoxy) is 1. The summed E-state index contributed by atoms with van der Waals surface area (Å²) < 4.78 is 7.84. The number of carboxylic acid groups (broad SMARTS) is 1. The monoisotopic (exact) mass is 644 g/mol. The Hall–Kier alpha value is -5.54. The summed E-state index contributed by atoms with van der Waals surface area (Å²) >= 11 is 0. The summed E-state index contributed by atoms with van der Waals surface area (Å²) in [7, 11) is 2.06. The van der Waals surface area contributed by atoms with Crippen LogP contribution in [-0.4, -0.2) is 92.4 Å².